The standard InChI is InChI=1S/C17H31NOS/c1-12(2)8-13(3)19-11-15-9-16(20-14(15)4)10-18-17(5,6)7/h9,12-13,18H,8,10-11H2,1-7H3. The number of nitrogens with one attached hydrogen (secondary N) is 1. The summed E-state index contributed by atoms with van der Waals surface area (Å²) in [6.07, 6.45) is 1.46. The molecule has 116 valence electrons. The van der Waals surface area contributed by atoms with Crippen LogP contribution in [0.3, 0.4) is 0 Å². The van der Waals surface area contributed by atoms with E-state index in [2.05, 4.69) is 59.8 Å². The van der Waals surface area contributed by atoms with E-state index < -0.39 is 0 Å². The molecule has 1 aromatic heterocycles. The lowest BCUT2D eigenvalue weighted by Gasteiger charge is -2.19. The summed E-state index contributed by atoms with van der Waals surface area (Å²) in [6.45, 7) is 17.1. The maximum Gasteiger partial charge on any atom is 0.0731 e. The second-order valence-electron chi connectivity index (χ2n) is 7.15. The Morgan fingerprint density at radius 2 is 1.90 bits per heavy atom. The van der Waals surface area contributed by atoms with Gasteiger partial charge in [0.25, 0.3) is 0 Å². The molecular weight excluding hydrogens is 266 g/mol. The molecule has 1 atom stereocenters. The van der Waals surface area contributed by atoms with Crippen LogP contribution in [0.4, 0.5) is 0 Å². The molecule has 0 bridgehead atoms. The van der Waals surface area contributed by atoms with Gasteiger partial charge in [-0.05, 0) is 58.6 Å². The van der Waals surface area contributed by atoms with Gasteiger partial charge in [-0.25, -0.2) is 0 Å². The molecular formula is C17H31NOS. The number of ether oxygens (including phenoxy) is 1. The zero-order valence-corrected chi connectivity index (χ0v) is 15.0. The molecule has 20 heavy (non-hydrogen) atoms. The Kier molecular flexibility index (Phi) is 6.70. The van der Waals surface area contributed by atoms with Crippen LogP contribution in [0, 0.1) is 12.8 Å². The van der Waals surface area contributed by atoms with Gasteiger partial charge in [0.15, 0.2) is 0 Å². The fourth-order valence-electron chi connectivity index (χ4n) is 2.13. The van der Waals surface area contributed by atoms with E-state index in [0.29, 0.717) is 12.0 Å². The predicted molar refractivity (Wildman–Crippen MR) is 89.4 cm³/mol. The smallest absolute Gasteiger partial charge is 0.0731 e. The summed E-state index contributed by atoms with van der Waals surface area (Å²) >= 11 is 1.88. The maximum atomic E-state index is 5.96. The Morgan fingerprint density at radius 1 is 1.25 bits per heavy atom. The van der Waals surface area contributed by atoms with E-state index in [4.69, 9.17) is 4.74 Å². The first-order chi connectivity index (χ1) is 9.17. The maximum absolute atomic E-state index is 5.96. The van der Waals surface area contributed by atoms with Gasteiger partial charge in [0, 0.05) is 21.8 Å². The molecule has 0 spiro atoms. The summed E-state index contributed by atoms with van der Waals surface area (Å²) in [5.74, 6) is 0.695. The van der Waals surface area contributed by atoms with Crippen LogP contribution in [0.1, 0.15) is 63.3 Å². The average Bonchev–Trinajstić information content (AvgIpc) is 2.63. The summed E-state index contributed by atoms with van der Waals surface area (Å²) in [5, 5.41) is 3.54. The summed E-state index contributed by atoms with van der Waals surface area (Å²) in [5.41, 5.74) is 1.51. The molecule has 0 aromatic carbocycles. The first-order valence-corrected chi connectivity index (χ1v) is 8.44. The monoisotopic (exact) mass is 297 g/mol. The van der Waals surface area contributed by atoms with Gasteiger partial charge in [-0.15, -0.1) is 11.3 Å². The molecule has 1 unspecified atom stereocenters. The van der Waals surface area contributed by atoms with Gasteiger partial charge in [-0.1, -0.05) is 13.8 Å². The van der Waals surface area contributed by atoms with Crippen molar-refractivity contribution in [3.8, 4) is 0 Å². The van der Waals surface area contributed by atoms with Crippen molar-refractivity contribution in [2.24, 2.45) is 5.92 Å². The number of thiophene rings is 1. The molecule has 0 fully saturated rings. The third kappa shape index (κ3) is 6.87. The van der Waals surface area contributed by atoms with Gasteiger partial charge in [-0.2, -0.15) is 0 Å². The van der Waals surface area contributed by atoms with Gasteiger partial charge in [-0.3, -0.25) is 0 Å². The topological polar surface area (TPSA) is 21.3 Å². The van der Waals surface area contributed by atoms with E-state index in [0.717, 1.165) is 19.6 Å². The average molecular weight is 298 g/mol. The first-order valence-electron chi connectivity index (χ1n) is 7.62. The molecule has 1 rings (SSSR count). The van der Waals surface area contributed by atoms with Crippen LogP contribution in [0.5, 0.6) is 0 Å². The lowest BCUT2D eigenvalue weighted by Crippen LogP contribution is -2.34. The number of hydrogen-bond donors (Lipinski definition) is 1. The Balaban J connectivity index is 2.49. The largest absolute Gasteiger partial charge is 0.374 e. The third-order valence-corrected chi connectivity index (χ3v) is 4.28. The van der Waals surface area contributed by atoms with E-state index in [1.807, 2.05) is 11.3 Å². The van der Waals surface area contributed by atoms with Crippen molar-refractivity contribution in [2.75, 3.05) is 0 Å². The fraction of sp³-hybridized carbons (Fsp3) is 0.765. The van der Waals surface area contributed by atoms with Crippen molar-refractivity contribution >= 4 is 11.3 Å². The molecule has 1 heterocycles. The van der Waals surface area contributed by atoms with Crippen molar-refractivity contribution in [1.82, 2.24) is 5.32 Å². The van der Waals surface area contributed by atoms with Gasteiger partial charge >= 0.3 is 0 Å². The molecule has 1 aromatic rings. The SMILES string of the molecule is Cc1sc(CNC(C)(C)C)cc1COC(C)CC(C)C. The number of hydrogen-bond acceptors (Lipinski definition) is 3. The lowest BCUT2D eigenvalue weighted by molar-refractivity contribution is 0.0396. The highest BCUT2D eigenvalue weighted by Crippen LogP contribution is 2.23. The van der Waals surface area contributed by atoms with Crippen LogP contribution in [-0.4, -0.2) is 11.6 Å². The molecule has 0 radical (unpaired) electrons. The molecule has 0 saturated carbocycles. The zero-order valence-electron chi connectivity index (χ0n) is 14.2. The molecule has 0 saturated heterocycles. The van der Waals surface area contributed by atoms with E-state index in [1.54, 1.807) is 0 Å². The summed E-state index contributed by atoms with van der Waals surface area (Å²) in [4.78, 5) is 2.78. The molecule has 2 nitrogen and oxygen atoms in total. The molecule has 0 amide bonds. The minimum Gasteiger partial charge on any atom is -0.374 e. The minimum absolute atomic E-state index is 0.167. The minimum atomic E-state index is 0.167. The van der Waals surface area contributed by atoms with Crippen LogP contribution in [0.2, 0.25) is 0 Å². The second-order valence-corrected chi connectivity index (χ2v) is 8.49. The van der Waals surface area contributed by atoms with Gasteiger partial charge in [0.2, 0.25) is 0 Å². The Morgan fingerprint density at radius 3 is 2.45 bits per heavy atom. The van der Waals surface area contributed by atoms with Crippen molar-refractivity contribution in [2.45, 2.75) is 79.7 Å². The van der Waals surface area contributed by atoms with Gasteiger partial charge < -0.3 is 10.1 Å². The van der Waals surface area contributed by atoms with Gasteiger partial charge in [0.1, 0.15) is 0 Å². The highest BCUT2D eigenvalue weighted by atomic mass is 32.1. The Bertz CT molecular complexity index is 404. The van der Waals surface area contributed by atoms with E-state index in [9.17, 15) is 0 Å². The first kappa shape index (κ1) is 17.7. The number of rotatable bonds is 7. The van der Waals surface area contributed by atoms with Crippen molar-refractivity contribution < 1.29 is 4.74 Å². The molecule has 3 heteroatoms. The van der Waals surface area contributed by atoms with Crippen molar-refractivity contribution in [3.05, 3.63) is 21.4 Å². The normalized spacial score (nSPS) is 14.0. The van der Waals surface area contributed by atoms with Crippen LogP contribution in [0.25, 0.3) is 0 Å². The highest BCUT2D eigenvalue weighted by Gasteiger charge is 2.12. The van der Waals surface area contributed by atoms with Crippen LogP contribution < -0.4 is 5.32 Å². The van der Waals surface area contributed by atoms with Crippen LogP contribution in [-0.2, 0) is 17.9 Å². The fourth-order valence-corrected chi connectivity index (χ4v) is 3.12. The highest BCUT2D eigenvalue weighted by molar-refractivity contribution is 7.12. The van der Waals surface area contributed by atoms with E-state index in [-0.39, 0.29) is 5.54 Å². The Labute approximate surface area is 128 Å². The zero-order chi connectivity index (χ0) is 15.3. The van der Waals surface area contributed by atoms with Crippen molar-refractivity contribution in [3.63, 3.8) is 0 Å². The van der Waals surface area contributed by atoms with Gasteiger partial charge in [0.05, 0.1) is 12.7 Å². The van der Waals surface area contributed by atoms with Crippen LogP contribution in [0.15, 0.2) is 6.07 Å². The summed E-state index contributed by atoms with van der Waals surface area (Å²) in [6, 6.07) is 2.29. The summed E-state index contributed by atoms with van der Waals surface area (Å²) < 4.78 is 5.96. The van der Waals surface area contributed by atoms with Crippen LogP contribution >= 0.6 is 11.3 Å². The third-order valence-electron chi connectivity index (χ3n) is 3.19. The Hall–Kier alpha value is -0.380. The quantitative estimate of drug-likeness (QED) is 0.773. The van der Waals surface area contributed by atoms with E-state index >= 15 is 0 Å². The van der Waals surface area contributed by atoms with E-state index in [1.165, 1.54) is 15.3 Å². The predicted octanol–water partition coefficient (Wildman–Crippen LogP) is 4.90. The molecule has 1 N–H and O–H groups in total. The molecule has 0 aliphatic heterocycles. The lowest BCUT2D eigenvalue weighted by atomic mass is 10.1. The second kappa shape index (κ2) is 7.58. The summed E-state index contributed by atoms with van der Waals surface area (Å²) in [7, 11) is 0. The van der Waals surface area contributed by atoms with Crippen molar-refractivity contribution in [1.29, 1.82) is 0 Å². The molecule has 0 aliphatic rings. The number of aryl methyl sites for hydroxylation is 1. The molecule has 0 aliphatic carbocycles.